The van der Waals surface area contributed by atoms with E-state index in [1.54, 1.807) is 19.9 Å². The highest BCUT2D eigenvalue weighted by Crippen LogP contribution is 2.44. The van der Waals surface area contributed by atoms with E-state index < -0.39 is 23.7 Å². The molecule has 1 aromatic carbocycles. The fourth-order valence-electron chi connectivity index (χ4n) is 3.07. The number of benzene rings is 1. The highest BCUT2D eigenvalue weighted by Gasteiger charge is 2.67. The largest absolute Gasteiger partial charge is 0.440 e. The zero-order valence-electron chi connectivity index (χ0n) is 14.3. The molecular formula is C16H11BrF3N5O2S. The van der Waals surface area contributed by atoms with Gasteiger partial charge in [0.05, 0.1) is 11.0 Å². The van der Waals surface area contributed by atoms with Crippen LogP contribution in [0.15, 0.2) is 21.4 Å². The monoisotopic (exact) mass is 473 g/mol. The zero-order valence-corrected chi connectivity index (χ0v) is 16.7. The lowest BCUT2D eigenvalue weighted by molar-refractivity contribution is -0.213. The number of carbonyl (C=O) groups excluding carboxylic acids is 2. The van der Waals surface area contributed by atoms with E-state index in [4.69, 9.17) is 0 Å². The molecule has 2 amide bonds. The summed E-state index contributed by atoms with van der Waals surface area (Å²) in [5.41, 5.74) is -1.67. The number of imidazole rings is 1. The molecule has 3 heterocycles. The van der Waals surface area contributed by atoms with Crippen LogP contribution >= 0.6 is 27.3 Å². The molecule has 0 aliphatic carbocycles. The van der Waals surface area contributed by atoms with Gasteiger partial charge in [-0.15, -0.1) is 11.3 Å². The van der Waals surface area contributed by atoms with Crippen molar-refractivity contribution >= 4 is 56.1 Å². The quantitative estimate of drug-likeness (QED) is 0.596. The van der Waals surface area contributed by atoms with E-state index in [2.05, 4.69) is 31.2 Å². The second-order valence-electron chi connectivity index (χ2n) is 6.30. The number of anilines is 1. The Hall–Kier alpha value is -2.47. The first kappa shape index (κ1) is 18.9. The lowest BCUT2D eigenvalue weighted by atomic mass is 10.1. The average molecular weight is 474 g/mol. The molecule has 2 N–H and O–H groups in total. The van der Waals surface area contributed by atoms with Gasteiger partial charge in [-0.05, 0) is 53.0 Å². The van der Waals surface area contributed by atoms with Crippen LogP contribution in [0.4, 0.5) is 19.1 Å². The van der Waals surface area contributed by atoms with Gasteiger partial charge in [0.15, 0.2) is 3.92 Å². The van der Waals surface area contributed by atoms with Crippen LogP contribution in [0.25, 0.3) is 11.0 Å². The number of fused-ring (bicyclic) bond motifs is 3. The summed E-state index contributed by atoms with van der Waals surface area (Å²) in [6.45, 7) is 3.54. The van der Waals surface area contributed by atoms with Gasteiger partial charge in [0.1, 0.15) is 5.69 Å². The van der Waals surface area contributed by atoms with Crippen molar-refractivity contribution < 1.29 is 22.8 Å². The molecule has 0 bridgehead atoms. The second kappa shape index (κ2) is 6.01. The third-order valence-corrected chi connectivity index (χ3v) is 5.94. The van der Waals surface area contributed by atoms with Crippen molar-refractivity contribution in [2.45, 2.75) is 25.7 Å². The van der Waals surface area contributed by atoms with Gasteiger partial charge in [-0.1, -0.05) is 0 Å². The molecular weight excluding hydrogens is 463 g/mol. The minimum atomic E-state index is -5.14. The Balaban J connectivity index is 1.94. The van der Waals surface area contributed by atoms with E-state index in [-0.39, 0.29) is 22.7 Å². The van der Waals surface area contributed by atoms with Crippen molar-refractivity contribution in [1.29, 1.82) is 0 Å². The van der Waals surface area contributed by atoms with Gasteiger partial charge in [0, 0.05) is 5.38 Å². The smallest absolute Gasteiger partial charge is 0.312 e. The number of hydrogen-bond acceptors (Lipinski definition) is 5. The van der Waals surface area contributed by atoms with E-state index in [0.717, 1.165) is 22.5 Å². The third-order valence-electron chi connectivity index (χ3n) is 4.57. The predicted molar refractivity (Wildman–Crippen MR) is 99.1 cm³/mol. The number of carbonyl (C=O) groups is 2. The summed E-state index contributed by atoms with van der Waals surface area (Å²) in [5, 5.41) is 5.28. The van der Waals surface area contributed by atoms with E-state index in [1.807, 2.05) is 5.32 Å². The maximum atomic E-state index is 14.3. The molecule has 1 aliphatic heterocycles. The highest BCUT2D eigenvalue weighted by molar-refractivity contribution is 9.11. The molecule has 0 saturated heterocycles. The van der Waals surface area contributed by atoms with E-state index in [1.165, 1.54) is 11.4 Å². The Morgan fingerprint density at radius 3 is 2.57 bits per heavy atom. The van der Waals surface area contributed by atoms with E-state index in [0.29, 0.717) is 8.48 Å². The number of halogens is 4. The van der Waals surface area contributed by atoms with Gasteiger partial charge in [-0.25, -0.2) is 9.97 Å². The predicted octanol–water partition coefficient (Wildman–Crippen LogP) is 3.47. The molecule has 146 valence electrons. The number of rotatable bonds is 2. The van der Waals surface area contributed by atoms with Gasteiger partial charge in [-0.2, -0.15) is 13.2 Å². The number of aromatic nitrogens is 3. The van der Waals surface area contributed by atoms with E-state index in [9.17, 15) is 22.8 Å². The SMILES string of the molecule is Cc1cc2nc3n(c2cc1C)C(NC(=O)c1csc(Br)n1)(C(F)(F)F)C(=O)N3. The Morgan fingerprint density at radius 1 is 1.29 bits per heavy atom. The molecule has 12 heteroatoms. The molecule has 7 nitrogen and oxygen atoms in total. The first-order valence-corrected chi connectivity index (χ1v) is 9.54. The molecule has 0 spiro atoms. The summed E-state index contributed by atoms with van der Waals surface area (Å²) in [6.07, 6.45) is -5.14. The zero-order chi connectivity index (χ0) is 20.4. The summed E-state index contributed by atoms with van der Waals surface area (Å²) < 4.78 is 43.8. The third kappa shape index (κ3) is 2.54. The molecule has 0 fully saturated rings. The number of hydrogen-bond donors (Lipinski definition) is 2. The summed E-state index contributed by atoms with van der Waals surface area (Å²) in [4.78, 5) is 32.9. The van der Waals surface area contributed by atoms with Gasteiger partial charge >= 0.3 is 6.18 Å². The number of thiazole rings is 1. The number of alkyl halides is 3. The fourth-order valence-corrected chi connectivity index (χ4v) is 4.06. The van der Waals surface area contributed by atoms with Crippen LogP contribution in [0.2, 0.25) is 0 Å². The number of nitrogens with one attached hydrogen (secondary N) is 2. The van der Waals surface area contributed by atoms with Crippen molar-refractivity contribution in [2.75, 3.05) is 5.32 Å². The maximum Gasteiger partial charge on any atom is 0.440 e. The molecule has 28 heavy (non-hydrogen) atoms. The van der Waals surface area contributed by atoms with Crippen LogP contribution in [0.3, 0.4) is 0 Å². The molecule has 1 unspecified atom stereocenters. The van der Waals surface area contributed by atoms with Crippen LogP contribution in [0.1, 0.15) is 21.6 Å². The average Bonchev–Trinajstić information content (AvgIpc) is 3.23. The first-order chi connectivity index (χ1) is 13.0. The van der Waals surface area contributed by atoms with Crippen LogP contribution in [0.5, 0.6) is 0 Å². The first-order valence-electron chi connectivity index (χ1n) is 7.86. The van der Waals surface area contributed by atoms with E-state index >= 15 is 0 Å². The number of amides is 2. The van der Waals surface area contributed by atoms with Crippen LogP contribution in [-0.2, 0) is 10.5 Å². The lowest BCUT2D eigenvalue weighted by Gasteiger charge is -2.31. The maximum absolute atomic E-state index is 14.3. The Kier molecular flexibility index (Phi) is 4.05. The van der Waals surface area contributed by atoms with Crippen molar-refractivity contribution in [2.24, 2.45) is 0 Å². The molecule has 0 radical (unpaired) electrons. The molecule has 0 saturated carbocycles. The van der Waals surface area contributed by atoms with Gasteiger partial charge < -0.3 is 5.32 Å². The molecule has 1 aliphatic rings. The normalized spacial score (nSPS) is 19.0. The topological polar surface area (TPSA) is 88.9 Å². The summed E-state index contributed by atoms with van der Waals surface area (Å²) in [6, 6.07) is 3.14. The molecule has 1 atom stereocenters. The molecule has 3 aromatic rings. The van der Waals surface area contributed by atoms with Crippen molar-refractivity contribution in [1.82, 2.24) is 19.9 Å². The molecule has 2 aromatic heterocycles. The minimum absolute atomic E-state index is 0.0773. The standard InChI is InChI=1S/C16H11BrF3N5O2S/c1-6-3-8-10(4-7(6)2)25-14(22-8)23-12(27)15(25,16(18,19)20)24-11(26)9-5-28-13(17)21-9/h3-5H,1-2H3,(H,24,26)(H,22,23,27). The second-order valence-corrected chi connectivity index (χ2v) is 8.43. The summed E-state index contributed by atoms with van der Waals surface area (Å²) >= 11 is 4.09. The van der Waals surface area contributed by atoms with Gasteiger partial charge in [0.25, 0.3) is 17.5 Å². The van der Waals surface area contributed by atoms with Crippen LogP contribution in [0, 0.1) is 13.8 Å². The van der Waals surface area contributed by atoms with Gasteiger partial charge in [-0.3, -0.25) is 19.5 Å². The minimum Gasteiger partial charge on any atom is -0.312 e. The van der Waals surface area contributed by atoms with Crippen LogP contribution < -0.4 is 10.6 Å². The lowest BCUT2D eigenvalue weighted by Crippen LogP contribution is -2.63. The fraction of sp³-hybridized carbons (Fsp3) is 0.250. The Labute approximate surface area is 168 Å². The van der Waals surface area contributed by atoms with Crippen LogP contribution in [-0.4, -0.2) is 32.5 Å². The van der Waals surface area contributed by atoms with Gasteiger partial charge in [0.2, 0.25) is 5.95 Å². The van der Waals surface area contributed by atoms with Crippen molar-refractivity contribution in [3.05, 3.63) is 38.3 Å². The van der Waals surface area contributed by atoms with Crippen molar-refractivity contribution in [3.63, 3.8) is 0 Å². The highest BCUT2D eigenvalue weighted by atomic mass is 79.9. The number of aryl methyl sites for hydroxylation is 2. The number of nitrogens with zero attached hydrogens (tertiary/aromatic N) is 3. The Bertz CT molecular complexity index is 1160. The summed E-state index contributed by atoms with van der Waals surface area (Å²) in [5.74, 6) is -2.86. The summed E-state index contributed by atoms with van der Waals surface area (Å²) in [7, 11) is 0. The molecule has 4 rings (SSSR count). The van der Waals surface area contributed by atoms with Crippen molar-refractivity contribution in [3.8, 4) is 0 Å². The Morgan fingerprint density at radius 2 is 1.96 bits per heavy atom.